The van der Waals surface area contributed by atoms with Crippen LogP contribution in [-0.2, 0) is 15.9 Å². The Morgan fingerprint density at radius 2 is 2.00 bits per heavy atom. The van der Waals surface area contributed by atoms with Crippen molar-refractivity contribution >= 4 is 5.96 Å². The maximum atomic E-state index is 5.81. The summed E-state index contributed by atoms with van der Waals surface area (Å²) in [6.07, 6.45) is 3.97. The molecule has 0 bridgehead atoms. The van der Waals surface area contributed by atoms with Crippen molar-refractivity contribution in [3.8, 4) is 11.5 Å². The topological polar surface area (TPSA) is 73.3 Å². The minimum absolute atomic E-state index is 0.653. The molecule has 1 heterocycles. The highest BCUT2D eigenvalue weighted by Gasteiger charge is 2.13. The zero-order valence-corrected chi connectivity index (χ0v) is 18.2. The summed E-state index contributed by atoms with van der Waals surface area (Å²) < 4.78 is 21.9. The molecule has 7 heteroatoms. The number of benzene rings is 1. The number of guanidine groups is 1. The maximum absolute atomic E-state index is 5.81. The minimum Gasteiger partial charge on any atom is -0.497 e. The molecule has 1 aliphatic heterocycles. The van der Waals surface area contributed by atoms with Gasteiger partial charge in [0.2, 0.25) is 0 Å². The first-order valence-corrected chi connectivity index (χ1v) is 10.6. The lowest BCUT2D eigenvalue weighted by Gasteiger charge is -2.21. The molecule has 0 atom stereocenters. The Morgan fingerprint density at radius 3 is 2.72 bits per heavy atom. The highest BCUT2D eigenvalue weighted by atomic mass is 16.5. The molecule has 2 N–H and O–H groups in total. The lowest BCUT2D eigenvalue weighted by Crippen LogP contribution is -2.38. The fraction of sp³-hybridized carbons (Fsp3) is 0.682. The summed E-state index contributed by atoms with van der Waals surface area (Å²) in [4.78, 5) is 4.64. The van der Waals surface area contributed by atoms with Gasteiger partial charge in [0.05, 0.1) is 14.2 Å². The lowest BCUT2D eigenvalue weighted by atomic mass is 10.0. The SMILES string of the molecule is CCNC(=NCCCOCC1CCOCC1)NCCc1cc(OC)ccc1OC. The van der Waals surface area contributed by atoms with Crippen molar-refractivity contribution in [1.29, 1.82) is 0 Å². The summed E-state index contributed by atoms with van der Waals surface area (Å²) in [6, 6.07) is 5.86. The molecule has 1 fully saturated rings. The molecule has 1 aromatic carbocycles. The van der Waals surface area contributed by atoms with E-state index in [1.54, 1.807) is 14.2 Å². The zero-order chi connectivity index (χ0) is 20.7. The van der Waals surface area contributed by atoms with Crippen LogP contribution in [-0.4, -0.2) is 66.2 Å². The molecular weight excluding hydrogens is 370 g/mol. The van der Waals surface area contributed by atoms with Gasteiger partial charge in [-0.15, -0.1) is 0 Å². The van der Waals surface area contributed by atoms with Crippen molar-refractivity contribution in [2.45, 2.75) is 32.6 Å². The summed E-state index contributed by atoms with van der Waals surface area (Å²) in [5.74, 6) is 3.19. The standard InChI is InChI=1S/C22H37N3O4/c1-4-23-22(24-11-5-13-29-17-18-9-14-28-15-10-18)25-12-8-19-16-20(26-2)6-7-21(19)27-3/h6-7,16,18H,4-5,8-15,17H2,1-3H3,(H2,23,24,25). The van der Waals surface area contributed by atoms with Gasteiger partial charge >= 0.3 is 0 Å². The number of nitrogens with zero attached hydrogens (tertiary/aromatic N) is 1. The van der Waals surface area contributed by atoms with E-state index in [4.69, 9.17) is 18.9 Å². The van der Waals surface area contributed by atoms with Gasteiger partial charge in [0, 0.05) is 46.1 Å². The van der Waals surface area contributed by atoms with Gasteiger partial charge in [-0.05, 0) is 62.3 Å². The monoisotopic (exact) mass is 407 g/mol. The van der Waals surface area contributed by atoms with Gasteiger partial charge < -0.3 is 29.6 Å². The predicted molar refractivity (Wildman–Crippen MR) is 116 cm³/mol. The molecule has 1 aliphatic rings. The first kappa shape index (κ1) is 23.3. The van der Waals surface area contributed by atoms with Crippen molar-refractivity contribution < 1.29 is 18.9 Å². The van der Waals surface area contributed by atoms with Crippen molar-refractivity contribution in [3.63, 3.8) is 0 Å². The van der Waals surface area contributed by atoms with E-state index < -0.39 is 0 Å². The van der Waals surface area contributed by atoms with E-state index in [0.717, 1.165) is 94.8 Å². The highest BCUT2D eigenvalue weighted by Crippen LogP contribution is 2.24. The first-order valence-electron chi connectivity index (χ1n) is 10.6. The van der Waals surface area contributed by atoms with Crippen molar-refractivity contribution in [3.05, 3.63) is 23.8 Å². The molecule has 0 radical (unpaired) electrons. The molecule has 1 aromatic rings. The summed E-state index contributed by atoms with van der Waals surface area (Å²) in [5, 5.41) is 6.68. The molecular formula is C22H37N3O4. The third-order valence-corrected chi connectivity index (χ3v) is 4.93. The normalized spacial score (nSPS) is 15.2. The van der Waals surface area contributed by atoms with E-state index in [2.05, 4.69) is 22.5 Å². The quantitative estimate of drug-likeness (QED) is 0.315. The molecule has 29 heavy (non-hydrogen) atoms. The zero-order valence-electron chi connectivity index (χ0n) is 18.2. The Kier molecular flexibility index (Phi) is 11.3. The van der Waals surface area contributed by atoms with E-state index in [-0.39, 0.29) is 0 Å². The van der Waals surface area contributed by atoms with Gasteiger partial charge in [-0.2, -0.15) is 0 Å². The van der Waals surface area contributed by atoms with E-state index >= 15 is 0 Å². The molecule has 7 nitrogen and oxygen atoms in total. The summed E-state index contributed by atoms with van der Waals surface area (Å²) in [6.45, 7) is 7.74. The molecule has 0 aliphatic carbocycles. The second-order valence-electron chi connectivity index (χ2n) is 7.10. The Morgan fingerprint density at radius 1 is 1.17 bits per heavy atom. The van der Waals surface area contributed by atoms with Crippen LogP contribution in [0.3, 0.4) is 0 Å². The lowest BCUT2D eigenvalue weighted by molar-refractivity contribution is 0.0205. The van der Waals surface area contributed by atoms with Gasteiger partial charge in [-0.1, -0.05) is 0 Å². The Balaban J connectivity index is 1.69. The summed E-state index contributed by atoms with van der Waals surface area (Å²) in [7, 11) is 3.36. The van der Waals surface area contributed by atoms with Crippen molar-refractivity contribution in [2.24, 2.45) is 10.9 Å². The fourth-order valence-electron chi connectivity index (χ4n) is 3.26. The van der Waals surface area contributed by atoms with Crippen LogP contribution in [0.25, 0.3) is 0 Å². The summed E-state index contributed by atoms with van der Waals surface area (Å²) >= 11 is 0. The van der Waals surface area contributed by atoms with E-state index in [1.807, 2.05) is 18.2 Å². The largest absolute Gasteiger partial charge is 0.497 e. The Hall–Kier alpha value is -1.99. The van der Waals surface area contributed by atoms with E-state index in [1.165, 1.54) is 0 Å². The molecule has 0 saturated carbocycles. The van der Waals surface area contributed by atoms with Crippen molar-refractivity contribution in [1.82, 2.24) is 10.6 Å². The van der Waals surface area contributed by atoms with Crippen LogP contribution in [0, 0.1) is 5.92 Å². The van der Waals surface area contributed by atoms with Crippen LogP contribution in [0.15, 0.2) is 23.2 Å². The average molecular weight is 408 g/mol. The first-order chi connectivity index (χ1) is 14.3. The third-order valence-electron chi connectivity index (χ3n) is 4.93. The number of ether oxygens (including phenoxy) is 4. The number of hydrogen-bond acceptors (Lipinski definition) is 5. The van der Waals surface area contributed by atoms with Gasteiger partial charge in [0.1, 0.15) is 11.5 Å². The second-order valence-corrected chi connectivity index (χ2v) is 7.10. The maximum Gasteiger partial charge on any atom is 0.191 e. The van der Waals surface area contributed by atoms with Gasteiger partial charge in [0.25, 0.3) is 0 Å². The predicted octanol–water partition coefficient (Wildman–Crippen LogP) is 2.63. The molecule has 1 saturated heterocycles. The molecule has 0 aromatic heterocycles. The number of nitrogens with one attached hydrogen (secondary N) is 2. The number of hydrogen-bond donors (Lipinski definition) is 2. The van der Waals surface area contributed by atoms with Crippen LogP contribution >= 0.6 is 0 Å². The van der Waals surface area contributed by atoms with Gasteiger partial charge in [-0.3, -0.25) is 4.99 Å². The highest BCUT2D eigenvalue weighted by molar-refractivity contribution is 5.79. The van der Waals surface area contributed by atoms with Gasteiger partial charge in [-0.25, -0.2) is 0 Å². The van der Waals surface area contributed by atoms with Gasteiger partial charge in [0.15, 0.2) is 5.96 Å². The van der Waals surface area contributed by atoms with Crippen LogP contribution in [0.1, 0.15) is 31.7 Å². The number of aliphatic imine (C=N–C) groups is 1. The van der Waals surface area contributed by atoms with Crippen LogP contribution in [0.4, 0.5) is 0 Å². The summed E-state index contributed by atoms with van der Waals surface area (Å²) in [5.41, 5.74) is 1.11. The van der Waals surface area contributed by atoms with Crippen molar-refractivity contribution in [2.75, 3.05) is 60.3 Å². The van der Waals surface area contributed by atoms with E-state index in [9.17, 15) is 0 Å². The fourth-order valence-corrected chi connectivity index (χ4v) is 3.26. The molecule has 0 amide bonds. The smallest absolute Gasteiger partial charge is 0.191 e. The molecule has 0 unspecified atom stereocenters. The molecule has 2 rings (SSSR count). The number of methoxy groups -OCH3 is 2. The molecule has 0 spiro atoms. The molecule has 164 valence electrons. The minimum atomic E-state index is 0.653. The average Bonchev–Trinajstić information content (AvgIpc) is 2.76. The Labute approximate surface area is 175 Å². The van der Waals surface area contributed by atoms with Crippen LogP contribution < -0.4 is 20.1 Å². The number of rotatable bonds is 12. The second kappa shape index (κ2) is 14.1. The van der Waals surface area contributed by atoms with Crippen LogP contribution in [0.2, 0.25) is 0 Å². The van der Waals surface area contributed by atoms with Crippen LogP contribution in [0.5, 0.6) is 11.5 Å². The Bertz CT molecular complexity index is 604. The van der Waals surface area contributed by atoms with E-state index in [0.29, 0.717) is 5.92 Å². The third kappa shape index (κ3) is 8.92.